The number of aliphatic carboxylic acids is 2. The number of ether oxygens (including phenoxy) is 1. The maximum absolute atomic E-state index is 11.4. The highest BCUT2D eigenvalue weighted by molar-refractivity contribution is 5.91. The third-order valence-electron chi connectivity index (χ3n) is 4.27. The minimum atomic E-state index is -1.26. The predicted octanol–water partition coefficient (Wildman–Crippen LogP) is 1.03. The summed E-state index contributed by atoms with van der Waals surface area (Å²) in [6.45, 7) is 4.05. The Balaban J connectivity index is 0.000000387. The van der Waals surface area contributed by atoms with Crippen molar-refractivity contribution in [2.45, 2.75) is 37.9 Å². The van der Waals surface area contributed by atoms with Crippen LogP contribution in [0.5, 0.6) is 0 Å². The molecule has 1 unspecified atom stereocenters. The molecule has 2 fully saturated rings. The Morgan fingerprint density at radius 3 is 2.19 bits per heavy atom. The molecule has 0 aliphatic carbocycles. The number of rotatable bonds is 3. The summed E-state index contributed by atoms with van der Waals surface area (Å²) < 4.78 is 6.08. The highest BCUT2D eigenvalue weighted by Gasteiger charge is 2.44. The molecule has 0 bridgehead atoms. The molecule has 2 saturated heterocycles. The van der Waals surface area contributed by atoms with Crippen molar-refractivity contribution in [1.82, 2.24) is 9.80 Å². The lowest BCUT2D eigenvalue weighted by molar-refractivity contribution is -0.134. The molecule has 2 aliphatic heterocycles. The zero-order valence-corrected chi connectivity index (χ0v) is 16.0. The predicted molar refractivity (Wildman–Crippen MR) is 96.6 cm³/mol. The highest BCUT2D eigenvalue weighted by atomic mass is 16.7. The smallest absolute Gasteiger partial charge is 0.435 e. The lowest BCUT2D eigenvalue weighted by atomic mass is 9.88. The van der Waals surface area contributed by atoms with E-state index >= 15 is 0 Å². The Labute approximate surface area is 158 Å². The van der Waals surface area contributed by atoms with Gasteiger partial charge in [-0.1, -0.05) is 5.16 Å². The summed E-state index contributed by atoms with van der Waals surface area (Å²) in [6, 6.07) is 0. The van der Waals surface area contributed by atoms with Gasteiger partial charge in [-0.15, -0.1) is 0 Å². The number of nitrogens with zero attached hydrogens (tertiary/aromatic N) is 3. The first-order chi connectivity index (χ1) is 12.5. The quantitative estimate of drug-likeness (QED) is 0.419. The van der Waals surface area contributed by atoms with Crippen molar-refractivity contribution < 1.29 is 34.2 Å². The van der Waals surface area contributed by atoms with E-state index in [0.29, 0.717) is 12.2 Å². The van der Waals surface area contributed by atoms with Gasteiger partial charge in [0, 0.05) is 45.8 Å². The minimum absolute atomic E-state index is 0.0710. The molecule has 1 amide bonds. The molecule has 10 nitrogen and oxygen atoms in total. The van der Waals surface area contributed by atoms with Crippen LogP contribution in [0.15, 0.2) is 17.3 Å². The zero-order chi connectivity index (χ0) is 20.6. The molecular formula is C17H27N3O7. The number of hydrogen-bond donors (Lipinski definition) is 2. The van der Waals surface area contributed by atoms with Gasteiger partial charge in [-0.25, -0.2) is 14.4 Å². The van der Waals surface area contributed by atoms with E-state index in [1.807, 2.05) is 6.92 Å². The van der Waals surface area contributed by atoms with E-state index in [-0.39, 0.29) is 11.7 Å². The van der Waals surface area contributed by atoms with E-state index in [2.05, 4.69) is 17.1 Å². The average Bonchev–Trinajstić information content (AvgIpc) is 2.90. The van der Waals surface area contributed by atoms with Crippen LogP contribution in [0.3, 0.4) is 0 Å². The van der Waals surface area contributed by atoms with E-state index in [0.717, 1.165) is 38.1 Å². The summed E-state index contributed by atoms with van der Waals surface area (Å²) in [5.74, 6) is -2.51. The summed E-state index contributed by atoms with van der Waals surface area (Å²) in [4.78, 5) is 39.0. The number of piperidine rings is 1. The molecule has 10 heteroatoms. The monoisotopic (exact) mass is 385 g/mol. The number of amides is 1. The molecule has 0 aromatic rings. The third-order valence-corrected chi connectivity index (χ3v) is 4.27. The van der Waals surface area contributed by atoms with E-state index in [1.165, 1.54) is 4.90 Å². The molecule has 2 rings (SSSR count). The van der Waals surface area contributed by atoms with Crippen molar-refractivity contribution in [2.24, 2.45) is 5.16 Å². The number of carbonyl (C=O) groups is 3. The number of carboxylic acid groups (broad SMARTS) is 2. The van der Waals surface area contributed by atoms with Gasteiger partial charge in [0.15, 0.2) is 0 Å². The van der Waals surface area contributed by atoms with Crippen LogP contribution in [0, 0.1) is 0 Å². The van der Waals surface area contributed by atoms with Crippen molar-refractivity contribution >= 4 is 23.7 Å². The third kappa shape index (κ3) is 7.75. The molecule has 0 aromatic carbocycles. The van der Waals surface area contributed by atoms with Crippen LogP contribution in [0.25, 0.3) is 0 Å². The second-order valence-corrected chi connectivity index (χ2v) is 6.77. The van der Waals surface area contributed by atoms with Crippen molar-refractivity contribution in [2.75, 3.05) is 34.2 Å². The molecule has 2 N–H and O–H groups in total. The fourth-order valence-electron chi connectivity index (χ4n) is 2.71. The van der Waals surface area contributed by atoms with Crippen molar-refractivity contribution in [3.63, 3.8) is 0 Å². The summed E-state index contributed by atoms with van der Waals surface area (Å²) in [5.41, 5.74) is 0.731. The molecule has 0 radical (unpaired) electrons. The first-order valence-corrected chi connectivity index (χ1v) is 8.50. The van der Waals surface area contributed by atoms with Crippen LogP contribution in [-0.2, 0) is 19.2 Å². The van der Waals surface area contributed by atoms with Gasteiger partial charge in [-0.2, -0.15) is 0 Å². The van der Waals surface area contributed by atoms with Gasteiger partial charge in [0.2, 0.25) is 0 Å². The molecule has 27 heavy (non-hydrogen) atoms. The van der Waals surface area contributed by atoms with E-state index in [9.17, 15) is 14.4 Å². The highest BCUT2D eigenvalue weighted by Crippen LogP contribution is 2.37. The largest absolute Gasteiger partial charge is 0.478 e. The average molecular weight is 385 g/mol. The van der Waals surface area contributed by atoms with Crippen LogP contribution in [0.2, 0.25) is 0 Å². The van der Waals surface area contributed by atoms with Gasteiger partial charge in [-0.3, -0.25) is 4.84 Å². The maximum Gasteiger partial charge on any atom is 0.435 e. The molecule has 1 spiro atoms. The van der Waals surface area contributed by atoms with E-state index < -0.39 is 18.0 Å². The Morgan fingerprint density at radius 2 is 1.74 bits per heavy atom. The number of hydrogen-bond acceptors (Lipinski definition) is 7. The lowest BCUT2D eigenvalue weighted by Crippen LogP contribution is -2.42. The van der Waals surface area contributed by atoms with Crippen molar-refractivity contribution in [3.8, 4) is 0 Å². The van der Waals surface area contributed by atoms with Crippen LogP contribution in [0.4, 0.5) is 4.79 Å². The minimum Gasteiger partial charge on any atom is -0.478 e. The SMILES string of the molecule is CC1OC2(CCN(C)CC2)C/C1=N/OC(=O)N(C)C.O=C(O)/C=C/C(=O)O. The first kappa shape index (κ1) is 22.6. The molecule has 0 saturated carbocycles. The van der Waals surface area contributed by atoms with Gasteiger partial charge < -0.3 is 24.7 Å². The van der Waals surface area contributed by atoms with Crippen molar-refractivity contribution in [1.29, 1.82) is 0 Å². The number of carbonyl (C=O) groups excluding carboxylic acids is 1. The van der Waals surface area contributed by atoms with Crippen LogP contribution < -0.4 is 0 Å². The van der Waals surface area contributed by atoms with Crippen LogP contribution in [-0.4, -0.2) is 89.7 Å². The molecule has 0 aromatic heterocycles. The summed E-state index contributed by atoms with van der Waals surface area (Å²) in [6.07, 6.45) is 3.37. The summed E-state index contributed by atoms with van der Waals surface area (Å²) in [5, 5.41) is 19.6. The molecule has 2 aliphatic rings. The van der Waals surface area contributed by atoms with Gasteiger partial charge in [0.1, 0.15) is 0 Å². The van der Waals surface area contributed by atoms with Crippen LogP contribution >= 0.6 is 0 Å². The molecule has 152 valence electrons. The zero-order valence-electron chi connectivity index (χ0n) is 16.0. The Hall–Kier alpha value is -2.46. The van der Waals surface area contributed by atoms with Gasteiger partial charge in [0.25, 0.3) is 0 Å². The standard InChI is InChI=1S/C13H23N3O3.C4H4O4/c1-10-11(14-19-12(17)15(2)3)9-13(18-10)5-7-16(4)8-6-13;5-3(6)1-2-4(7)8/h10H,5-9H2,1-4H3;1-2H,(H,5,6)(H,7,8)/b14-11-;2-1+. The van der Waals surface area contributed by atoms with Crippen LogP contribution in [0.1, 0.15) is 26.2 Å². The van der Waals surface area contributed by atoms with E-state index in [1.54, 1.807) is 14.1 Å². The number of likely N-dealkylation sites (tertiary alicyclic amines) is 1. The number of carboxylic acids is 2. The van der Waals surface area contributed by atoms with E-state index in [4.69, 9.17) is 19.8 Å². The summed E-state index contributed by atoms with van der Waals surface area (Å²) >= 11 is 0. The fourth-order valence-corrected chi connectivity index (χ4v) is 2.71. The lowest BCUT2D eigenvalue weighted by Gasteiger charge is -2.36. The van der Waals surface area contributed by atoms with Gasteiger partial charge in [0.05, 0.1) is 17.4 Å². The normalized spacial score (nSPS) is 23.1. The second kappa shape index (κ2) is 10.0. The van der Waals surface area contributed by atoms with Crippen molar-refractivity contribution in [3.05, 3.63) is 12.2 Å². The molecule has 1 atom stereocenters. The Morgan fingerprint density at radius 1 is 1.22 bits per heavy atom. The van der Waals surface area contributed by atoms with Gasteiger partial charge >= 0.3 is 18.0 Å². The Kier molecular flexibility index (Phi) is 8.38. The summed E-state index contributed by atoms with van der Waals surface area (Å²) in [7, 11) is 5.39. The molecule has 2 heterocycles. The maximum atomic E-state index is 11.4. The topological polar surface area (TPSA) is 129 Å². The van der Waals surface area contributed by atoms with Gasteiger partial charge in [-0.05, 0) is 26.8 Å². The molecular weight excluding hydrogens is 358 g/mol. The first-order valence-electron chi connectivity index (χ1n) is 8.50. The second-order valence-electron chi connectivity index (χ2n) is 6.77. The fraction of sp³-hybridized carbons (Fsp3) is 0.647. The number of oxime groups is 1. The Bertz CT molecular complexity index is 592.